The van der Waals surface area contributed by atoms with E-state index in [1.165, 1.54) is 36.4 Å². The third-order valence-corrected chi connectivity index (χ3v) is 2.53. The molecule has 2 amide bonds. The summed E-state index contributed by atoms with van der Waals surface area (Å²) in [5.74, 6) is -1.49. The molecule has 0 aliphatic carbocycles. The summed E-state index contributed by atoms with van der Waals surface area (Å²) in [5.41, 5.74) is 0.541. The Morgan fingerprint density at radius 3 is 2.10 bits per heavy atom. The highest BCUT2D eigenvalue weighted by molar-refractivity contribution is 6.00. The van der Waals surface area contributed by atoms with Crippen molar-refractivity contribution in [1.29, 1.82) is 0 Å². The average molecular weight is 288 g/mol. The Kier molecular flexibility index (Phi) is 3.94. The summed E-state index contributed by atoms with van der Waals surface area (Å²) in [6, 6.07) is 8.74. The number of carboxylic acid groups (broad SMARTS) is 1. The van der Waals surface area contributed by atoms with Gasteiger partial charge in [0.05, 0.1) is 5.56 Å². The number of carbonyl (C=O) groups excluding carboxylic acids is 1. The monoisotopic (exact) mass is 288 g/mol. The molecule has 0 aromatic heterocycles. The van der Waals surface area contributed by atoms with E-state index in [0.717, 1.165) is 6.07 Å². The van der Waals surface area contributed by atoms with Crippen LogP contribution in [0.4, 0.5) is 16.2 Å². The molecule has 0 spiro atoms. The van der Waals surface area contributed by atoms with Crippen LogP contribution in [0.2, 0.25) is 0 Å². The van der Waals surface area contributed by atoms with Gasteiger partial charge in [0.2, 0.25) is 0 Å². The predicted molar refractivity (Wildman–Crippen MR) is 75.8 cm³/mol. The minimum Gasteiger partial charge on any atom is -0.508 e. The molecule has 0 unspecified atom stereocenters. The fourth-order valence-corrected chi connectivity index (χ4v) is 1.69. The first kappa shape index (κ1) is 14.2. The Hall–Kier alpha value is -3.22. The number of amides is 2. The van der Waals surface area contributed by atoms with Crippen molar-refractivity contribution >= 4 is 23.4 Å². The van der Waals surface area contributed by atoms with E-state index in [1.807, 2.05) is 0 Å². The lowest BCUT2D eigenvalue weighted by Crippen LogP contribution is -2.19. The SMILES string of the molecule is O=C(Nc1cc(O)cc(O)c1)Nc1cccc(C(=O)O)c1. The maximum absolute atomic E-state index is 11.8. The molecule has 0 aliphatic heterocycles. The summed E-state index contributed by atoms with van der Waals surface area (Å²) >= 11 is 0. The third kappa shape index (κ3) is 3.87. The lowest BCUT2D eigenvalue weighted by atomic mass is 10.2. The fourth-order valence-electron chi connectivity index (χ4n) is 1.69. The second-order valence-electron chi connectivity index (χ2n) is 4.20. The summed E-state index contributed by atoms with van der Waals surface area (Å²) in [5, 5.41) is 32.3. The number of anilines is 2. The van der Waals surface area contributed by atoms with Gasteiger partial charge in [-0.1, -0.05) is 6.07 Å². The van der Waals surface area contributed by atoms with Crippen molar-refractivity contribution in [2.24, 2.45) is 0 Å². The Bertz CT molecular complexity index is 679. The Morgan fingerprint density at radius 2 is 1.48 bits per heavy atom. The van der Waals surface area contributed by atoms with Gasteiger partial charge in [0.15, 0.2) is 0 Å². The van der Waals surface area contributed by atoms with Gasteiger partial charge in [-0.15, -0.1) is 0 Å². The van der Waals surface area contributed by atoms with Crippen LogP contribution >= 0.6 is 0 Å². The van der Waals surface area contributed by atoms with Crippen LogP contribution in [0.5, 0.6) is 11.5 Å². The molecule has 2 aromatic rings. The molecule has 0 aliphatic rings. The van der Waals surface area contributed by atoms with E-state index < -0.39 is 12.0 Å². The zero-order valence-corrected chi connectivity index (χ0v) is 10.7. The third-order valence-electron chi connectivity index (χ3n) is 2.53. The molecule has 21 heavy (non-hydrogen) atoms. The number of rotatable bonds is 3. The van der Waals surface area contributed by atoms with Crippen molar-refractivity contribution in [3.8, 4) is 11.5 Å². The van der Waals surface area contributed by atoms with Gasteiger partial charge in [0.1, 0.15) is 11.5 Å². The Balaban J connectivity index is 2.08. The molecule has 0 heterocycles. The van der Waals surface area contributed by atoms with Crippen LogP contribution in [0.25, 0.3) is 0 Å². The normalized spacial score (nSPS) is 9.90. The van der Waals surface area contributed by atoms with Crippen LogP contribution in [-0.4, -0.2) is 27.3 Å². The zero-order valence-electron chi connectivity index (χ0n) is 10.7. The van der Waals surface area contributed by atoms with Crippen LogP contribution in [0.3, 0.4) is 0 Å². The molecular formula is C14H12N2O5. The molecule has 0 radical (unpaired) electrons. The number of phenols is 2. The van der Waals surface area contributed by atoms with Crippen molar-refractivity contribution in [1.82, 2.24) is 0 Å². The number of phenolic OH excluding ortho intramolecular Hbond substituents is 2. The van der Waals surface area contributed by atoms with Crippen LogP contribution in [-0.2, 0) is 0 Å². The first-order chi connectivity index (χ1) is 9.94. The van der Waals surface area contributed by atoms with E-state index in [0.29, 0.717) is 5.69 Å². The highest BCUT2D eigenvalue weighted by Gasteiger charge is 2.07. The predicted octanol–water partition coefficient (Wildman–Crippen LogP) is 2.44. The molecule has 0 bridgehead atoms. The summed E-state index contributed by atoms with van der Waals surface area (Å²) < 4.78 is 0. The van der Waals surface area contributed by atoms with Gasteiger partial charge in [0.25, 0.3) is 0 Å². The Labute approximate surface area is 119 Å². The van der Waals surface area contributed by atoms with E-state index in [2.05, 4.69) is 10.6 Å². The van der Waals surface area contributed by atoms with Gasteiger partial charge in [-0.25, -0.2) is 9.59 Å². The number of hydrogen-bond donors (Lipinski definition) is 5. The minimum atomic E-state index is -1.10. The van der Waals surface area contributed by atoms with Gasteiger partial charge in [0, 0.05) is 29.6 Å². The van der Waals surface area contributed by atoms with Gasteiger partial charge >= 0.3 is 12.0 Å². The van der Waals surface area contributed by atoms with E-state index in [4.69, 9.17) is 5.11 Å². The van der Waals surface area contributed by atoms with E-state index in [9.17, 15) is 19.8 Å². The first-order valence-electron chi connectivity index (χ1n) is 5.88. The lowest BCUT2D eigenvalue weighted by molar-refractivity contribution is 0.0697. The van der Waals surface area contributed by atoms with Crippen LogP contribution in [0.1, 0.15) is 10.4 Å². The van der Waals surface area contributed by atoms with Crippen LogP contribution in [0.15, 0.2) is 42.5 Å². The highest BCUT2D eigenvalue weighted by atomic mass is 16.4. The minimum absolute atomic E-state index is 0.0443. The standard InChI is InChI=1S/C14H12N2O5/c17-11-5-10(6-12(18)7-11)16-14(21)15-9-3-1-2-8(4-9)13(19)20/h1-7,17-18H,(H,19,20)(H2,15,16,21). The average Bonchev–Trinajstić information content (AvgIpc) is 2.37. The zero-order chi connectivity index (χ0) is 15.4. The number of urea groups is 1. The van der Waals surface area contributed by atoms with E-state index in [1.54, 1.807) is 0 Å². The first-order valence-corrected chi connectivity index (χ1v) is 5.88. The number of hydrogen-bond acceptors (Lipinski definition) is 4. The lowest BCUT2D eigenvalue weighted by Gasteiger charge is -2.09. The van der Waals surface area contributed by atoms with E-state index >= 15 is 0 Å². The fraction of sp³-hybridized carbons (Fsp3) is 0. The second kappa shape index (κ2) is 5.83. The second-order valence-corrected chi connectivity index (χ2v) is 4.20. The largest absolute Gasteiger partial charge is 0.508 e. The summed E-state index contributed by atoms with van der Waals surface area (Å²) in [4.78, 5) is 22.6. The number of carbonyl (C=O) groups is 2. The maximum Gasteiger partial charge on any atom is 0.335 e. The summed E-state index contributed by atoms with van der Waals surface area (Å²) in [6.45, 7) is 0. The molecule has 2 rings (SSSR count). The van der Waals surface area contributed by atoms with Crippen molar-refractivity contribution in [3.63, 3.8) is 0 Å². The molecule has 108 valence electrons. The van der Waals surface area contributed by atoms with Crippen molar-refractivity contribution in [2.75, 3.05) is 10.6 Å². The summed E-state index contributed by atoms with van der Waals surface area (Å²) in [7, 11) is 0. The number of carboxylic acids is 1. The van der Waals surface area contributed by atoms with Crippen LogP contribution in [0, 0.1) is 0 Å². The van der Waals surface area contributed by atoms with Gasteiger partial charge in [-0.05, 0) is 18.2 Å². The van der Waals surface area contributed by atoms with Gasteiger partial charge in [-0.2, -0.15) is 0 Å². The maximum atomic E-state index is 11.8. The quantitative estimate of drug-likeness (QED) is 0.594. The molecule has 0 fully saturated rings. The van der Waals surface area contributed by atoms with E-state index in [-0.39, 0.29) is 22.7 Å². The number of benzene rings is 2. The van der Waals surface area contributed by atoms with Crippen molar-refractivity contribution < 1.29 is 24.9 Å². The Morgan fingerprint density at radius 1 is 0.857 bits per heavy atom. The molecule has 0 saturated carbocycles. The number of nitrogens with one attached hydrogen (secondary N) is 2. The van der Waals surface area contributed by atoms with Crippen molar-refractivity contribution in [3.05, 3.63) is 48.0 Å². The number of aromatic carboxylic acids is 1. The van der Waals surface area contributed by atoms with Gasteiger partial charge in [-0.3, -0.25) is 0 Å². The molecule has 5 N–H and O–H groups in total. The molecule has 0 atom stereocenters. The van der Waals surface area contributed by atoms with Crippen molar-refractivity contribution in [2.45, 2.75) is 0 Å². The number of aromatic hydroxyl groups is 2. The highest BCUT2D eigenvalue weighted by Crippen LogP contribution is 2.24. The molecule has 7 heteroatoms. The van der Waals surface area contributed by atoms with Crippen LogP contribution < -0.4 is 10.6 Å². The molecule has 0 saturated heterocycles. The topological polar surface area (TPSA) is 119 Å². The molecule has 2 aromatic carbocycles. The molecular weight excluding hydrogens is 276 g/mol. The van der Waals surface area contributed by atoms with Gasteiger partial charge < -0.3 is 26.0 Å². The smallest absolute Gasteiger partial charge is 0.335 e. The summed E-state index contributed by atoms with van der Waals surface area (Å²) in [6.07, 6.45) is 0. The molecule has 7 nitrogen and oxygen atoms in total.